The number of benzene rings is 1. The standard InChI is InChI=1S/C11H16FNO2/c1-7(3-4-13)9-5-8(12)6-10(15-2)11(9)14/h5-7,14H,3-4,13H2,1-2H3. The van der Waals surface area contributed by atoms with Crippen LogP contribution in [0.2, 0.25) is 0 Å². The van der Waals surface area contributed by atoms with E-state index in [1.165, 1.54) is 13.2 Å². The molecule has 1 atom stereocenters. The summed E-state index contributed by atoms with van der Waals surface area (Å²) in [6.45, 7) is 2.39. The minimum Gasteiger partial charge on any atom is -0.504 e. The predicted molar refractivity (Wildman–Crippen MR) is 56.7 cm³/mol. The van der Waals surface area contributed by atoms with Gasteiger partial charge in [-0.1, -0.05) is 6.92 Å². The monoisotopic (exact) mass is 213 g/mol. The minimum absolute atomic E-state index is 0.000139. The van der Waals surface area contributed by atoms with Gasteiger partial charge in [-0.15, -0.1) is 0 Å². The fourth-order valence-corrected chi connectivity index (χ4v) is 1.53. The van der Waals surface area contributed by atoms with E-state index in [1.54, 1.807) is 0 Å². The molecule has 0 amide bonds. The Hall–Kier alpha value is -1.29. The van der Waals surface area contributed by atoms with Gasteiger partial charge in [0.1, 0.15) is 5.82 Å². The van der Waals surface area contributed by atoms with E-state index in [1.807, 2.05) is 6.92 Å². The van der Waals surface area contributed by atoms with Crippen LogP contribution in [0.3, 0.4) is 0 Å². The first kappa shape index (κ1) is 11.8. The maximum Gasteiger partial charge on any atom is 0.163 e. The minimum atomic E-state index is -0.413. The molecule has 0 heterocycles. The molecule has 0 radical (unpaired) electrons. The van der Waals surface area contributed by atoms with Gasteiger partial charge in [-0.25, -0.2) is 4.39 Å². The van der Waals surface area contributed by atoms with Gasteiger partial charge in [0.2, 0.25) is 0 Å². The molecule has 4 heteroatoms. The lowest BCUT2D eigenvalue weighted by Gasteiger charge is -2.14. The van der Waals surface area contributed by atoms with Crippen LogP contribution in [0.25, 0.3) is 0 Å². The third-order valence-electron chi connectivity index (χ3n) is 2.42. The fraction of sp³-hybridized carbons (Fsp3) is 0.455. The SMILES string of the molecule is COc1cc(F)cc(C(C)CCN)c1O. The van der Waals surface area contributed by atoms with Crippen LogP contribution in [-0.4, -0.2) is 18.8 Å². The van der Waals surface area contributed by atoms with Gasteiger partial charge in [-0.2, -0.15) is 0 Å². The summed E-state index contributed by atoms with van der Waals surface area (Å²) < 4.78 is 18.0. The first-order valence-electron chi connectivity index (χ1n) is 4.86. The second-order valence-electron chi connectivity index (χ2n) is 3.52. The quantitative estimate of drug-likeness (QED) is 0.804. The van der Waals surface area contributed by atoms with Crippen molar-refractivity contribution in [3.8, 4) is 11.5 Å². The van der Waals surface area contributed by atoms with Crippen molar-refractivity contribution in [2.24, 2.45) is 5.73 Å². The van der Waals surface area contributed by atoms with Gasteiger partial charge in [0.05, 0.1) is 7.11 Å². The van der Waals surface area contributed by atoms with Crippen LogP contribution in [0.5, 0.6) is 11.5 Å². The van der Waals surface area contributed by atoms with Crippen LogP contribution in [0.1, 0.15) is 24.8 Å². The molecule has 1 unspecified atom stereocenters. The van der Waals surface area contributed by atoms with E-state index < -0.39 is 5.82 Å². The Bertz CT molecular complexity index is 342. The van der Waals surface area contributed by atoms with Crippen molar-refractivity contribution in [2.75, 3.05) is 13.7 Å². The van der Waals surface area contributed by atoms with Crippen LogP contribution in [0, 0.1) is 5.82 Å². The largest absolute Gasteiger partial charge is 0.504 e. The first-order valence-corrected chi connectivity index (χ1v) is 4.86. The van der Waals surface area contributed by atoms with Crippen LogP contribution in [0.4, 0.5) is 4.39 Å². The van der Waals surface area contributed by atoms with Crippen LogP contribution >= 0.6 is 0 Å². The molecular weight excluding hydrogens is 197 g/mol. The molecule has 1 rings (SSSR count). The zero-order valence-electron chi connectivity index (χ0n) is 8.96. The second-order valence-corrected chi connectivity index (χ2v) is 3.52. The number of ether oxygens (including phenoxy) is 1. The molecule has 0 saturated carbocycles. The third kappa shape index (κ3) is 2.59. The van der Waals surface area contributed by atoms with Gasteiger partial charge >= 0.3 is 0 Å². The summed E-state index contributed by atoms with van der Waals surface area (Å²) in [7, 11) is 1.39. The van der Waals surface area contributed by atoms with E-state index in [0.29, 0.717) is 18.5 Å². The molecule has 1 aromatic carbocycles. The molecule has 84 valence electrons. The summed E-state index contributed by atoms with van der Waals surface area (Å²) in [5.74, 6) is -0.239. The molecule has 0 aliphatic carbocycles. The van der Waals surface area contributed by atoms with E-state index >= 15 is 0 Å². The average Bonchev–Trinajstić information content (AvgIpc) is 2.21. The van der Waals surface area contributed by atoms with Crippen molar-refractivity contribution in [2.45, 2.75) is 19.3 Å². The molecule has 0 aliphatic rings. The topological polar surface area (TPSA) is 55.5 Å². The Balaban J connectivity index is 3.11. The molecule has 3 N–H and O–H groups in total. The van der Waals surface area contributed by atoms with E-state index in [0.717, 1.165) is 6.07 Å². The summed E-state index contributed by atoms with van der Waals surface area (Å²) in [6, 6.07) is 2.48. The number of phenols is 1. The van der Waals surface area contributed by atoms with Gasteiger partial charge in [0, 0.05) is 11.6 Å². The van der Waals surface area contributed by atoms with Gasteiger partial charge in [-0.05, 0) is 24.9 Å². The molecule has 0 saturated heterocycles. The number of rotatable bonds is 4. The Morgan fingerprint density at radius 1 is 1.53 bits per heavy atom. The van der Waals surface area contributed by atoms with Crippen molar-refractivity contribution in [1.29, 1.82) is 0 Å². The van der Waals surface area contributed by atoms with Crippen LogP contribution in [-0.2, 0) is 0 Å². The highest BCUT2D eigenvalue weighted by atomic mass is 19.1. The molecular formula is C11H16FNO2. The summed E-state index contributed by atoms with van der Waals surface area (Å²) in [4.78, 5) is 0. The molecule has 3 nitrogen and oxygen atoms in total. The van der Waals surface area contributed by atoms with Crippen molar-refractivity contribution in [3.05, 3.63) is 23.5 Å². The van der Waals surface area contributed by atoms with Gasteiger partial charge in [0.15, 0.2) is 11.5 Å². The highest BCUT2D eigenvalue weighted by Crippen LogP contribution is 2.36. The van der Waals surface area contributed by atoms with E-state index in [4.69, 9.17) is 10.5 Å². The molecule has 0 aromatic heterocycles. The number of hydrogen-bond donors (Lipinski definition) is 2. The Morgan fingerprint density at radius 2 is 2.20 bits per heavy atom. The van der Waals surface area contributed by atoms with Crippen molar-refractivity contribution in [1.82, 2.24) is 0 Å². The number of phenolic OH excluding ortho intramolecular Hbond substituents is 1. The molecule has 15 heavy (non-hydrogen) atoms. The molecule has 0 bridgehead atoms. The normalized spacial score (nSPS) is 12.5. The molecule has 0 spiro atoms. The molecule has 0 fully saturated rings. The van der Waals surface area contributed by atoms with Gasteiger partial charge < -0.3 is 15.6 Å². The van der Waals surface area contributed by atoms with Crippen molar-refractivity contribution >= 4 is 0 Å². The van der Waals surface area contributed by atoms with Gasteiger partial charge in [0.25, 0.3) is 0 Å². The first-order chi connectivity index (χ1) is 7.10. The van der Waals surface area contributed by atoms with E-state index in [2.05, 4.69) is 0 Å². The average molecular weight is 213 g/mol. The Morgan fingerprint density at radius 3 is 2.73 bits per heavy atom. The van der Waals surface area contributed by atoms with Crippen LogP contribution in [0.15, 0.2) is 12.1 Å². The zero-order chi connectivity index (χ0) is 11.4. The lowest BCUT2D eigenvalue weighted by atomic mass is 9.96. The lowest BCUT2D eigenvalue weighted by molar-refractivity contribution is 0.365. The van der Waals surface area contributed by atoms with Crippen molar-refractivity contribution < 1.29 is 14.2 Å². The Kier molecular flexibility index (Phi) is 3.91. The lowest BCUT2D eigenvalue weighted by Crippen LogP contribution is -2.05. The summed E-state index contributed by atoms with van der Waals surface area (Å²) in [6.07, 6.45) is 0.695. The number of halogens is 1. The molecule has 1 aromatic rings. The summed E-state index contributed by atoms with van der Waals surface area (Å²) in [5, 5.41) is 9.78. The van der Waals surface area contributed by atoms with Gasteiger partial charge in [-0.3, -0.25) is 0 Å². The fourth-order valence-electron chi connectivity index (χ4n) is 1.53. The molecule has 0 aliphatic heterocycles. The number of aromatic hydroxyl groups is 1. The van der Waals surface area contributed by atoms with E-state index in [-0.39, 0.29) is 17.4 Å². The predicted octanol–water partition coefficient (Wildman–Crippen LogP) is 1.99. The third-order valence-corrected chi connectivity index (χ3v) is 2.42. The number of nitrogens with two attached hydrogens (primary N) is 1. The number of hydrogen-bond acceptors (Lipinski definition) is 3. The highest BCUT2D eigenvalue weighted by molar-refractivity contribution is 5.47. The maximum atomic E-state index is 13.2. The van der Waals surface area contributed by atoms with E-state index in [9.17, 15) is 9.50 Å². The van der Waals surface area contributed by atoms with Crippen molar-refractivity contribution in [3.63, 3.8) is 0 Å². The maximum absolute atomic E-state index is 13.2. The Labute approximate surface area is 88.7 Å². The number of methoxy groups -OCH3 is 1. The smallest absolute Gasteiger partial charge is 0.163 e. The summed E-state index contributed by atoms with van der Waals surface area (Å²) in [5.41, 5.74) is 5.96. The second kappa shape index (κ2) is 4.98. The summed E-state index contributed by atoms with van der Waals surface area (Å²) >= 11 is 0. The van der Waals surface area contributed by atoms with Crippen LogP contribution < -0.4 is 10.5 Å². The zero-order valence-corrected chi connectivity index (χ0v) is 8.96. The highest BCUT2D eigenvalue weighted by Gasteiger charge is 2.15.